The number of ether oxygens (including phenoxy) is 15. The third-order valence-corrected chi connectivity index (χ3v) is 22.6. The fourth-order valence-electron chi connectivity index (χ4n) is 18.5. The normalized spacial score (nSPS) is 58.3. The van der Waals surface area contributed by atoms with Gasteiger partial charge in [0.2, 0.25) is 5.79 Å². The van der Waals surface area contributed by atoms with Crippen molar-refractivity contribution in [2.45, 2.75) is 306 Å². The molecule has 18 saturated heterocycles. The summed E-state index contributed by atoms with van der Waals surface area (Å²) in [6.45, 7) is 17.6. The van der Waals surface area contributed by atoms with Crippen LogP contribution in [-0.2, 0) is 75.8 Å². The van der Waals surface area contributed by atoms with E-state index in [1.54, 1.807) is 0 Å². The number of esters is 1. The van der Waals surface area contributed by atoms with Gasteiger partial charge in [-0.2, -0.15) is 0 Å². The van der Waals surface area contributed by atoms with Crippen molar-refractivity contribution in [1.29, 1.82) is 0 Å². The molecule has 18 rings (SSSR count). The maximum atomic E-state index is 14.5. The molecular formula is C61H88O21. The Morgan fingerprint density at radius 1 is 0.549 bits per heavy atom. The number of fused-ring (bicyclic) bond motifs is 6. The van der Waals surface area contributed by atoms with Crippen LogP contribution in [0.1, 0.15) is 130 Å². The molecule has 0 radical (unpaired) electrons. The molecule has 18 aliphatic heterocycles. The van der Waals surface area contributed by atoms with E-state index in [1.807, 2.05) is 0 Å². The molecule has 18 aliphatic rings. The minimum atomic E-state index is -2.09. The van der Waals surface area contributed by atoms with Crippen molar-refractivity contribution in [2.24, 2.45) is 29.6 Å². The van der Waals surface area contributed by atoms with Gasteiger partial charge < -0.3 is 96.6 Å². The van der Waals surface area contributed by atoms with Crippen molar-refractivity contribution in [2.75, 3.05) is 13.2 Å². The van der Waals surface area contributed by atoms with Crippen molar-refractivity contribution in [3.8, 4) is 0 Å². The molecule has 2 spiro atoms. The third-order valence-electron chi connectivity index (χ3n) is 22.6. The van der Waals surface area contributed by atoms with Gasteiger partial charge in [0.1, 0.15) is 42.7 Å². The summed E-state index contributed by atoms with van der Waals surface area (Å²) in [4.78, 5) is 14.5. The van der Waals surface area contributed by atoms with Crippen LogP contribution in [0.15, 0.2) is 24.3 Å². The molecule has 21 heteroatoms. The van der Waals surface area contributed by atoms with Crippen LogP contribution in [0.4, 0.5) is 0 Å². The van der Waals surface area contributed by atoms with Crippen LogP contribution >= 0.6 is 0 Å². The topological polar surface area (TPSA) is 257 Å². The minimum absolute atomic E-state index is 0.0825. The average Bonchev–Trinajstić information content (AvgIpc) is 1.93. The standard InChI is InChI=1S/C61H88O21/c1-25-13-31-7-10-36-26(2)14-32(69-36)9-12-38-57(66)61(67)58(75-38)56-55(82-61)48(65)54-37(73-56)11-8-33(71-54)15-47(64)76-52-30(6)51-43(72-42(52)16-39(70-31)29(25)5)17-40-45(74-51)21-60(78-40)22-46-50(81-60)28(4)20-59(80-46)19-27(3)49-44(79-59)18-41-53(77-49)34(24-68-41)35(63)23-62/h25,27-28,30-46,48-58,62-63,65-67H,2,5,7-24H2,1,3-4,6H3/t25-,27+,28+,30+,31+,32+,33-,34-,35+,36+,37+,38-,39-,40-,41-,42+,43+,44+,45-,46+,48+,49+,50+,51+,52-,53-,54+,55+,56-,57+,58?,59-,60-,61+/m1/s1. The highest BCUT2D eigenvalue weighted by atomic mass is 16.8. The smallest absolute Gasteiger partial charge is 0.308 e. The van der Waals surface area contributed by atoms with Crippen molar-refractivity contribution in [3.63, 3.8) is 0 Å². The van der Waals surface area contributed by atoms with E-state index >= 15 is 0 Å². The Hall–Kier alpha value is -1.81. The predicted octanol–water partition coefficient (Wildman–Crippen LogP) is 3.11. The van der Waals surface area contributed by atoms with E-state index in [1.165, 1.54) is 0 Å². The van der Waals surface area contributed by atoms with E-state index in [4.69, 9.17) is 71.1 Å². The number of carbonyl (C=O) groups is 1. The molecule has 0 aliphatic carbocycles. The second kappa shape index (κ2) is 21.2. The van der Waals surface area contributed by atoms with Crippen LogP contribution in [0, 0.1) is 29.6 Å². The lowest BCUT2D eigenvalue weighted by Gasteiger charge is -2.54. The molecule has 18 heterocycles. The molecule has 18 fully saturated rings. The summed E-state index contributed by atoms with van der Waals surface area (Å²) in [7, 11) is 0. The highest BCUT2D eigenvalue weighted by Gasteiger charge is 2.71. The van der Waals surface area contributed by atoms with Crippen molar-refractivity contribution in [1.82, 2.24) is 0 Å². The number of rotatable bonds is 2. The maximum absolute atomic E-state index is 14.5. The zero-order valence-corrected chi connectivity index (χ0v) is 47.8. The summed E-state index contributed by atoms with van der Waals surface area (Å²) in [6, 6.07) is 0. The first-order chi connectivity index (χ1) is 39.3. The first kappa shape index (κ1) is 56.7. The molecule has 0 saturated carbocycles. The Kier molecular flexibility index (Phi) is 14.6. The quantitative estimate of drug-likeness (QED) is 0.197. The van der Waals surface area contributed by atoms with E-state index in [9.17, 15) is 30.3 Å². The van der Waals surface area contributed by atoms with Crippen LogP contribution < -0.4 is 0 Å². The molecule has 0 amide bonds. The second-order valence-electron chi connectivity index (χ2n) is 28.1. The Balaban J connectivity index is 0.649. The highest BCUT2D eigenvalue weighted by Crippen LogP contribution is 2.57. The number of hydrogen-bond donors (Lipinski definition) is 5. The van der Waals surface area contributed by atoms with Crippen molar-refractivity contribution < 1.29 is 101 Å². The van der Waals surface area contributed by atoms with E-state index in [2.05, 4.69) is 40.9 Å². The lowest BCUT2D eigenvalue weighted by Crippen LogP contribution is -2.62. The average molecular weight is 1160 g/mol. The molecule has 0 aromatic carbocycles. The molecule has 1 unspecified atom stereocenters. The molecule has 82 heavy (non-hydrogen) atoms. The zero-order valence-electron chi connectivity index (χ0n) is 47.8. The van der Waals surface area contributed by atoms with Gasteiger partial charge in [0.15, 0.2) is 11.6 Å². The van der Waals surface area contributed by atoms with Crippen LogP contribution in [0.3, 0.4) is 0 Å². The molecule has 34 atom stereocenters. The van der Waals surface area contributed by atoms with Crippen LogP contribution in [0.25, 0.3) is 0 Å². The van der Waals surface area contributed by atoms with Gasteiger partial charge in [-0.3, -0.25) is 4.79 Å². The summed E-state index contributed by atoms with van der Waals surface area (Å²) < 4.78 is 101. The number of carbonyl (C=O) groups excluding carboxylic acids is 1. The SMILES string of the molecule is C=C1C[C@@H]2CC[C@H]3OC4[C@@H]5O[C@H]6CC[C@H](CC(=O)O[C@@H]7[C@@H](C)[C@@H]8O[C@@H]9C[C@@]%10(C[C@@H]%11O[C@]%12(C[C@H](C)[C@@H]%13O[C@@H]%14[C@@H]([C@@H](O)CO)CO[C@@H]%14C[C@@H]%13O%12)C[C@H](C)[C@@H]%11O%10)O[C@@H]9C[C@@H]8O[C@H]7C[C@H]7O[C@@H](CC[C@@H]1O2)C[C@@H](C)C7=C)O[C@@H]6[C@H](O)[C@@H]5O[C@@]4(O)[C@H]3O. The van der Waals surface area contributed by atoms with Crippen molar-refractivity contribution >= 4 is 5.97 Å². The van der Waals surface area contributed by atoms with E-state index < -0.39 is 103 Å². The fraction of sp³-hybridized carbons (Fsp3) is 0.918. The van der Waals surface area contributed by atoms with Gasteiger partial charge in [0, 0.05) is 56.8 Å². The molecule has 5 N–H and O–H groups in total. The largest absolute Gasteiger partial charge is 0.459 e. The molecule has 0 aromatic rings. The van der Waals surface area contributed by atoms with Crippen LogP contribution in [0.2, 0.25) is 0 Å². The highest BCUT2D eigenvalue weighted by molar-refractivity contribution is 5.70. The second-order valence-corrected chi connectivity index (χ2v) is 28.1. The fourth-order valence-corrected chi connectivity index (χ4v) is 18.5. The first-order valence-electron chi connectivity index (χ1n) is 31.5. The number of aliphatic hydroxyl groups excluding tert-OH is 4. The Bertz CT molecular complexity index is 2430. The molecule has 0 aromatic heterocycles. The summed E-state index contributed by atoms with van der Waals surface area (Å²) in [6.07, 6.45) is -5.48. The summed E-state index contributed by atoms with van der Waals surface area (Å²) in [5, 5.41) is 55.5. The molecule has 12 bridgehead atoms. The summed E-state index contributed by atoms with van der Waals surface area (Å²) in [5.41, 5.74) is 2.00. The summed E-state index contributed by atoms with van der Waals surface area (Å²) >= 11 is 0. The van der Waals surface area contributed by atoms with E-state index in [-0.39, 0.29) is 122 Å². The van der Waals surface area contributed by atoms with Gasteiger partial charge in [-0.15, -0.1) is 0 Å². The van der Waals surface area contributed by atoms with Crippen molar-refractivity contribution in [3.05, 3.63) is 24.3 Å². The van der Waals surface area contributed by atoms with Gasteiger partial charge in [0.25, 0.3) is 0 Å². The number of hydrogen-bond acceptors (Lipinski definition) is 21. The third kappa shape index (κ3) is 9.52. The predicted molar refractivity (Wildman–Crippen MR) is 281 cm³/mol. The summed E-state index contributed by atoms with van der Waals surface area (Å²) in [5.74, 6) is -4.56. The lowest BCUT2D eigenvalue weighted by molar-refractivity contribution is -0.370. The van der Waals surface area contributed by atoms with Gasteiger partial charge in [-0.1, -0.05) is 40.9 Å². The van der Waals surface area contributed by atoms with Crippen LogP contribution in [-0.4, -0.2) is 221 Å². The van der Waals surface area contributed by atoms with Gasteiger partial charge in [-0.25, -0.2) is 0 Å². The number of aliphatic hydroxyl groups is 5. The van der Waals surface area contributed by atoms with E-state index in [0.29, 0.717) is 83.7 Å². The first-order valence-corrected chi connectivity index (χ1v) is 31.5. The Morgan fingerprint density at radius 2 is 1.23 bits per heavy atom. The molecule has 458 valence electrons. The minimum Gasteiger partial charge on any atom is -0.459 e. The van der Waals surface area contributed by atoms with Gasteiger partial charge in [-0.05, 0) is 80.3 Å². The maximum Gasteiger partial charge on any atom is 0.308 e. The van der Waals surface area contributed by atoms with E-state index in [0.717, 1.165) is 30.4 Å². The molecular weight excluding hydrogens is 1070 g/mol. The lowest BCUT2D eigenvalue weighted by atomic mass is 9.77. The monoisotopic (exact) mass is 1160 g/mol. The van der Waals surface area contributed by atoms with Crippen LogP contribution in [0.5, 0.6) is 0 Å². The van der Waals surface area contributed by atoms with Gasteiger partial charge in [0.05, 0.1) is 136 Å². The Morgan fingerprint density at radius 3 is 2.05 bits per heavy atom. The zero-order chi connectivity index (χ0) is 56.5. The molecule has 21 nitrogen and oxygen atoms in total. The van der Waals surface area contributed by atoms with Gasteiger partial charge >= 0.3 is 5.97 Å². The Labute approximate surface area is 479 Å².